The molecular formula is C28H20Cl2NO4S+. The van der Waals surface area contributed by atoms with Gasteiger partial charge < -0.3 is 15.3 Å². The van der Waals surface area contributed by atoms with E-state index in [1.807, 2.05) is 72.8 Å². The lowest BCUT2D eigenvalue weighted by molar-refractivity contribution is -0.703. The van der Waals surface area contributed by atoms with E-state index in [0.29, 0.717) is 26.4 Å². The van der Waals surface area contributed by atoms with Crippen LogP contribution in [0.15, 0.2) is 72.8 Å². The molecule has 0 fully saturated rings. The number of benzene rings is 4. The average Bonchev–Trinajstić information content (AvgIpc) is 3.21. The fourth-order valence-corrected chi connectivity index (χ4v) is 5.93. The third-order valence-electron chi connectivity index (χ3n) is 6.05. The highest BCUT2D eigenvalue weighted by Gasteiger charge is 2.23. The number of carboxylic acids is 1. The Morgan fingerprint density at radius 2 is 1.47 bits per heavy atom. The van der Waals surface area contributed by atoms with Crippen molar-refractivity contribution in [3.8, 4) is 0 Å². The summed E-state index contributed by atoms with van der Waals surface area (Å²) in [6.45, 7) is -0.204. The highest BCUT2D eigenvalue weighted by atomic mass is 35.5. The number of carboxylic acid groups (broad SMARTS) is 1. The van der Waals surface area contributed by atoms with Gasteiger partial charge in [-0.1, -0.05) is 101 Å². The van der Waals surface area contributed by atoms with Gasteiger partial charge in [0, 0.05) is 17.7 Å². The highest BCUT2D eigenvalue weighted by Crippen LogP contribution is 2.37. The minimum Gasteiger partial charge on any atom is -0.479 e. The number of nitrogens with zero attached hydrogens (tertiary/aromatic N) is 1. The second kappa shape index (κ2) is 10.0. The van der Waals surface area contributed by atoms with Crippen molar-refractivity contribution < 1.29 is 24.7 Å². The van der Waals surface area contributed by atoms with Crippen LogP contribution < -0.4 is 4.57 Å². The summed E-state index contributed by atoms with van der Waals surface area (Å²) in [4.78, 5) is 11.7. The Hall–Kier alpha value is -3.26. The Morgan fingerprint density at radius 1 is 0.917 bits per heavy atom. The number of thiazole rings is 1. The van der Waals surface area contributed by atoms with E-state index in [9.17, 15) is 20.1 Å². The maximum atomic E-state index is 11.7. The summed E-state index contributed by atoms with van der Waals surface area (Å²) in [6.07, 6.45) is 5.99. The van der Waals surface area contributed by atoms with Gasteiger partial charge in [-0.05, 0) is 33.2 Å². The molecule has 0 spiro atoms. The lowest BCUT2D eigenvalue weighted by Crippen LogP contribution is -2.34. The fourth-order valence-electron chi connectivity index (χ4n) is 4.45. The number of aliphatic hydroxyl groups is 2. The predicted octanol–water partition coefficient (Wildman–Crippen LogP) is 6.60. The Kier molecular flexibility index (Phi) is 6.79. The van der Waals surface area contributed by atoms with Crippen molar-refractivity contribution in [3.63, 3.8) is 0 Å². The molecule has 3 N–H and O–H groups in total. The molecule has 1 heterocycles. The van der Waals surface area contributed by atoms with E-state index < -0.39 is 12.1 Å². The molecule has 0 radical (unpaired) electrons. The molecule has 4 aromatic carbocycles. The van der Waals surface area contributed by atoms with Crippen LogP contribution in [0.1, 0.15) is 22.2 Å². The zero-order valence-corrected chi connectivity index (χ0v) is 21.1. The first-order valence-electron chi connectivity index (χ1n) is 11.0. The number of hydrogen-bond acceptors (Lipinski definition) is 4. The number of allylic oxidation sites excluding steroid dienone is 2. The fraction of sp³-hybridized carbons (Fsp3) is 0.0714. The summed E-state index contributed by atoms with van der Waals surface area (Å²) in [5, 5.41) is 34.7. The van der Waals surface area contributed by atoms with Crippen LogP contribution >= 0.6 is 34.5 Å². The molecule has 5 aromatic rings. The molecule has 0 aliphatic carbocycles. The topological polar surface area (TPSA) is 81.6 Å². The van der Waals surface area contributed by atoms with E-state index in [4.69, 9.17) is 23.2 Å². The van der Waals surface area contributed by atoms with Crippen LogP contribution in [-0.2, 0) is 11.5 Å². The lowest BCUT2D eigenvalue weighted by atomic mass is 9.89. The van der Waals surface area contributed by atoms with Gasteiger partial charge in [0.05, 0.1) is 10.0 Å². The quantitative estimate of drug-likeness (QED) is 0.130. The minimum absolute atomic E-state index is 0.204. The van der Waals surface area contributed by atoms with Crippen molar-refractivity contribution in [2.45, 2.75) is 12.8 Å². The van der Waals surface area contributed by atoms with Crippen molar-refractivity contribution in [1.82, 2.24) is 0 Å². The normalized spacial score (nSPS) is 13.0. The van der Waals surface area contributed by atoms with Crippen LogP contribution in [0.3, 0.4) is 0 Å². The van der Waals surface area contributed by atoms with Gasteiger partial charge in [-0.2, -0.15) is 4.57 Å². The van der Waals surface area contributed by atoms with Gasteiger partial charge in [0.15, 0.2) is 6.10 Å². The molecule has 0 aliphatic heterocycles. The molecule has 0 saturated carbocycles. The first-order chi connectivity index (χ1) is 17.4. The third kappa shape index (κ3) is 4.28. The van der Waals surface area contributed by atoms with Crippen LogP contribution in [0, 0.1) is 0 Å². The summed E-state index contributed by atoms with van der Waals surface area (Å²) in [5.74, 6) is -1.29. The van der Waals surface area contributed by atoms with Gasteiger partial charge in [-0.3, -0.25) is 0 Å². The number of aliphatic hydroxyl groups excluding tert-OH is 2. The van der Waals surface area contributed by atoms with Gasteiger partial charge in [0.25, 0.3) is 11.7 Å². The third-order valence-corrected chi connectivity index (χ3v) is 7.88. The number of aliphatic carboxylic acids is 1. The number of aromatic nitrogens is 1. The standard InChI is InChI=1S/C28H19Cl2NO4S/c29-21-13-23-24(14-22(21)30)36-25(31(23)15-32)12-6-5-7-16-17-8-1-3-10-19(17)26(27(33)28(34)35)20-11-4-2-9-18(16)20/h1-14,27,32-33H,15H2/p+1/b7-5+,12-6+. The van der Waals surface area contributed by atoms with Gasteiger partial charge in [-0.25, -0.2) is 4.79 Å². The predicted molar refractivity (Wildman–Crippen MR) is 146 cm³/mol. The lowest BCUT2D eigenvalue weighted by Gasteiger charge is -2.17. The second-order valence-corrected chi connectivity index (χ2v) is 10.00. The number of hydrogen-bond donors (Lipinski definition) is 3. The zero-order valence-electron chi connectivity index (χ0n) is 18.7. The van der Waals surface area contributed by atoms with E-state index in [-0.39, 0.29) is 6.73 Å². The van der Waals surface area contributed by atoms with E-state index in [1.54, 1.807) is 16.7 Å². The Balaban J connectivity index is 1.61. The van der Waals surface area contributed by atoms with Gasteiger partial charge in [0.2, 0.25) is 5.52 Å². The van der Waals surface area contributed by atoms with Crippen molar-refractivity contribution in [2.24, 2.45) is 0 Å². The molecule has 0 bridgehead atoms. The average molecular weight is 537 g/mol. The van der Waals surface area contributed by atoms with Crippen LogP contribution in [0.4, 0.5) is 0 Å². The molecule has 180 valence electrons. The number of fused-ring (bicyclic) bond motifs is 3. The van der Waals surface area contributed by atoms with E-state index in [1.165, 1.54) is 11.3 Å². The molecule has 5 nitrogen and oxygen atoms in total. The van der Waals surface area contributed by atoms with E-state index >= 15 is 0 Å². The maximum Gasteiger partial charge on any atom is 0.337 e. The Labute approximate surface area is 220 Å². The molecule has 36 heavy (non-hydrogen) atoms. The molecule has 8 heteroatoms. The summed E-state index contributed by atoms with van der Waals surface area (Å²) in [6, 6.07) is 18.5. The van der Waals surface area contributed by atoms with Gasteiger partial charge in [-0.15, -0.1) is 0 Å². The molecular weight excluding hydrogens is 517 g/mol. The van der Waals surface area contributed by atoms with Crippen LogP contribution in [0.25, 0.3) is 43.9 Å². The van der Waals surface area contributed by atoms with Crippen LogP contribution in [0.5, 0.6) is 0 Å². The molecule has 1 aromatic heterocycles. The summed E-state index contributed by atoms with van der Waals surface area (Å²) >= 11 is 13.8. The maximum absolute atomic E-state index is 11.7. The summed E-state index contributed by atoms with van der Waals surface area (Å²) < 4.78 is 2.66. The SMILES string of the molecule is O=C(O)C(O)c1c2ccccc2c(/C=C/C=C/c2sc3cc(Cl)c(Cl)cc3[n+]2CO)c2ccccc12. The van der Waals surface area contributed by atoms with Crippen molar-refractivity contribution >= 4 is 84.4 Å². The largest absolute Gasteiger partial charge is 0.479 e. The number of carbonyl (C=O) groups is 1. The van der Waals surface area contributed by atoms with Gasteiger partial charge >= 0.3 is 5.97 Å². The molecule has 0 amide bonds. The molecule has 5 rings (SSSR count). The van der Waals surface area contributed by atoms with E-state index in [2.05, 4.69) is 0 Å². The Morgan fingerprint density at radius 3 is 2.06 bits per heavy atom. The summed E-state index contributed by atoms with van der Waals surface area (Å²) in [5.41, 5.74) is 2.09. The van der Waals surface area contributed by atoms with Crippen LogP contribution in [-0.4, -0.2) is 21.3 Å². The number of rotatable bonds is 6. The minimum atomic E-state index is -1.64. The molecule has 0 aliphatic rings. The van der Waals surface area contributed by atoms with Crippen molar-refractivity contribution in [1.29, 1.82) is 0 Å². The van der Waals surface area contributed by atoms with Crippen LogP contribution in [0.2, 0.25) is 10.0 Å². The first-order valence-corrected chi connectivity index (χ1v) is 12.6. The molecule has 0 saturated heterocycles. The smallest absolute Gasteiger partial charge is 0.337 e. The second-order valence-electron chi connectivity index (χ2n) is 8.12. The zero-order chi connectivity index (χ0) is 25.4. The van der Waals surface area contributed by atoms with Crippen molar-refractivity contribution in [3.05, 3.63) is 99.0 Å². The highest BCUT2D eigenvalue weighted by molar-refractivity contribution is 7.18. The summed E-state index contributed by atoms with van der Waals surface area (Å²) in [7, 11) is 0. The monoisotopic (exact) mass is 536 g/mol. The molecule has 1 unspecified atom stereocenters. The van der Waals surface area contributed by atoms with Crippen molar-refractivity contribution in [2.75, 3.05) is 0 Å². The first kappa shape index (κ1) is 24.4. The molecule has 1 atom stereocenters. The Bertz CT molecular complexity index is 1650. The van der Waals surface area contributed by atoms with Gasteiger partial charge in [0.1, 0.15) is 4.70 Å². The number of halogens is 2. The van der Waals surface area contributed by atoms with E-state index in [0.717, 1.165) is 31.6 Å².